The zero-order chi connectivity index (χ0) is 22.0. The Hall–Kier alpha value is -2.91. The summed E-state index contributed by atoms with van der Waals surface area (Å²) in [5, 5.41) is 8.59. The highest BCUT2D eigenvalue weighted by Gasteiger charge is 2.45. The van der Waals surface area contributed by atoms with E-state index in [0.717, 1.165) is 5.56 Å². The zero-order valence-electron chi connectivity index (χ0n) is 16.7. The summed E-state index contributed by atoms with van der Waals surface area (Å²) >= 11 is 12.6. The van der Waals surface area contributed by atoms with Gasteiger partial charge in [-0.3, -0.25) is 0 Å². The zero-order valence-corrected chi connectivity index (χ0v) is 18.2. The Morgan fingerprint density at radius 1 is 1.16 bits per heavy atom. The summed E-state index contributed by atoms with van der Waals surface area (Å²) in [6, 6.07) is 12.6. The molecule has 2 aromatic carbocycles. The number of hydrogen-bond donors (Lipinski definition) is 0. The lowest BCUT2D eigenvalue weighted by Gasteiger charge is -2.30. The van der Waals surface area contributed by atoms with Crippen LogP contribution in [0.2, 0.25) is 10.0 Å². The average molecular weight is 473 g/mol. The van der Waals surface area contributed by atoms with E-state index in [2.05, 4.69) is 15.2 Å². The van der Waals surface area contributed by atoms with Gasteiger partial charge in [-0.05, 0) is 36.4 Å². The van der Waals surface area contributed by atoms with E-state index in [1.807, 2.05) is 41.1 Å². The molecule has 4 aromatic rings. The average Bonchev–Trinajstić information content (AvgIpc) is 3.56. The van der Waals surface area contributed by atoms with Crippen molar-refractivity contribution in [2.24, 2.45) is 0 Å². The molecule has 0 saturated carbocycles. The predicted molar refractivity (Wildman–Crippen MR) is 116 cm³/mol. The van der Waals surface area contributed by atoms with Crippen LogP contribution in [-0.4, -0.2) is 39.1 Å². The minimum Gasteiger partial charge on any atom is -0.491 e. The van der Waals surface area contributed by atoms with Crippen molar-refractivity contribution in [3.63, 3.8) is 0 Å². The van der Waals surface area contributed by atoms with Crippen molar-refractivity contribution in [1.82, 2.24) is 19.7 Å². The van der Waals surface area contributed by atoms with Crippen molar-refractivity contribution in [2.45, 2.75) is 18.4 Å². The fourth-order valence-corrected chi connectivity index (χ4v) is 4.11. The van der Waals surface area contributed by atoms with E-state index in [1.165, 1.54) is 6.39 Å². The van der Waals surface area contributed by atoms with Crippen LogP contribution in [0.4, 0.5) is 0 Å². The molecule has 0 spiro atoms. The van der Waals surface area contributed by atoms with Crippen LogP contribution in [0.25, 0.3) is 11.5 Å². The normalized spacial score (nSPS) is 20.5. The van der Waals surface area contributed by atoms with Crippen LogP contribution in [0, 0.1) is 0 Å². The minimum absolute atomic E-state index is 0.302. The molecule has 1 saturated heterocycles. The number of nitrogens with zero attached hydrogens (tertiary/aromatic N) is 4. The molecule has 32 heavy (non-hydrogen) atoms. The Kier molecular flexibility index (Phi) is 5.84. The van der Waals surface area contributed by atoms with Crippen molar-refractivity contribution >= 4 is 23.2 Å². The van der Waals surface area contributed by atoms with E-state index in [4.69, 9.17) is 41.8 Å². The van der Waals surface area contributed by atoms with E-state index < -0.39 is 5.79 Å². The monoisotopic (exact) mass is 472 g/mol. The van der Waals surface area contributed by atoms with Crippen LogP contribution in [-0.2, 0) is 21.8 Å². The van der Waals surface area contributed by atoms with Crippen molar-refractivity contribution in [1.29, 1.82) is 0 Å². The predicted octanol–water partition coefficient (Wildman–Crippen LogP) is 4.59. The van der Waals surface area contributed by atoms with Crippen molar-refractivity contribution in [3.8, 4) is 17.2 Å². The third kappa shape index (κ3) is 4.35. The minimum atomic E-state index is -1.09. The number of aromatic nitrogens is 4. The van der Waals surface area contributed by atoms with Gasteiger partial charge < -0.3 is 23.2 Å². The second-order valence-corrected chi connectivity index (χ2v) is 8.09. The second kappa shape index (κ2) is 8.91. The maximum Gasteiger partial charge on any atom is 0.247 e. The number of imidazole rings is 1. The summed E-state index contributed by atoms with van der Waals surface area (Å²) in [6.45, 7) is 1.02. The molecule has 8 nitrogen and oxygen atoms in total. The molecule has 2 aromatic heterocycles. The van der Waals surface area contributed by atoms with E-state index in [1.54, 1.807) is 24.7 Å². The first-order valence-electron chi connectivity index (χ1n) is 9.84. The molecular weight excluding hydrogens is 455 g/mol. The molecule has 0 radical (unpaired) electrons. The van der Waals surface area contributed by atoms with Gasteiger partial charge in [-0.2, -0.15) is 0 Å². The maximum atomic E-state index is 6.50. The van der Waals surface area contributed by atoms with Crippen LogP contribution in [0.5, 0.6) is 5.75 Å². The van der Waals surface area contributed by atoms with Gasteiger partial charge in [-0.25, -0.2) is 4.98 Å². The van der Waals surface area contributed by atoms with Crippen LogP contribution in [0.1, 0.15) is 5.56 Å². The van der Waals surface area contributed by atoms with Crippen LogP contribution < -0.4 is 4.74 Å². The van der Waals surface area contributed by atoms with E-state index >= 15 is 0 Å². The lowest BCUT2D eigenvalue weighted by Crippen LogP contribution is -2.34. The highest BCUT2D eigenvalue weighted by molar-refractivity contribution is 6.35. The van der Waals surface area contributed by atoms with Crippen LogP contribution in [0.3, 0.4) is 0 Å². The Bertz CT molecular complexity index is 1170. The first-order chi connectivity index (χ1) is 15.6. The maximum absolute atomic E-state index is 6.50. The van der Waals surface area contributed by atoms with Crippen LogP contribution in [0.15, 0.2) is 72.0 Å². The summed E-state index contributed by atoms with van der Waals surface area (Å²) in [6.07, 6.45) is 6.23. The Labute approximate surface area is 193 Å². The first-order valence-corrected chi connectivity index (χ1v) is 10.6. The second-order valence-electron chi connectivity index (χ2n) is 7.24. The summed E-state index contributed by atoms with van der Waals surface area (Å²) in [4.78, 5) is 4.10. The van der Waals surface area contributed by atoms with E-state index in [9.17, 15) is 0 Å². The van der Waals surface area contributed by atoms with Gasteiger partial charge in [0, 0.05) is 28.5 Å². The van der Waals surface area contributed by atoms with Gasteiger partial charge in [0.15, 0.2) is 0 Å². The number of halogens is 2. The van der Waals surface area contributed by atoms with Gasteiger partial charge in [0.2, 0.25) is 18.1 Å². The summed E-state index contributed by atoms with van der Waals surface area (Å²) in [5.74, 6) is 0.0554. The Morgan fingerprint density at radius 3 is 2.75 bits per heavy atom. The quantitative estimate of drug-likeness (QED) is 0.388. The molecule has 5 rings (SSSR count). The molecule has 3 heterocycles. The molecule has 1 fully saturated rings. The third-order valence-electron chi connectivity index (χ3n) is 5.05. The number of rotatable bonds is 7. The summed E-state index contributed by atoms with van der Waals surface area (Å²) in [5.41, 5.74) is 1.51. The van der Waals surface area contributed by atoms with Crippen molar-refractivity contribution in [3.05, 3.63) is 83.2 Å². The van der Waals surface area contributed by atoms with Gasteiger partial charge >= 0.3 is 0 Å². The molecule has 1 aliphatic rings. The van der Waals surface area contributed by atoms with Gasteiger partial charge in [0.25, 0.3) is 0 Å². The van der Waals surface area contributed by atoms with Gasteiger partial charge in [-0.15, -0.1) is 10.2 Å². The van der Waals surface area contributed by atoms with E-state index in [0.29, 0.717) is 47.0 Å². The van der Waals surface area contributed by atoms with Gasteiger partial charge in [0.1, 0.15) is 18.5 Å². The van der Waals surface area contributed by atoms with Gasteiger partial charge in [-0.1, -0.05) is 29.3 Å². The smallest absolute Gasteiger partial charge is 0.247 e. The third-order valence-corrected chi connectivity index (χ3v) is 5.60. The SMILES string of the molecule is Clc1ccc([C@]2(Cn3ccnc3)OC[C@@H](COc3ccc(-c4nnco4)cc3)O2)c(Cl)c1. The molecule has 164 valence electrons. The number of benzene rings is 2. The Morgan fingerprint density at radius 2 is 2.03 bits per heavy atom. The number of ether oxygens (including phenoxy) is 3. The molecule has 0 N–H and O–H groups in total. The molecule has 2 atom stereocenters. The number of hydrogen-bond acceptors (Lipinski definition) is 7. The molecule has 10 heteroatoms. The van der Waals surface area contributed by atoms with E-state index in [-0.39, 0.29) is 6.10 Å². The van der Waals surface area contributed by atoms with Crippen molar-refractivity contribution in [2.75, 3.05) is 13.2 Å². The molecular formula is C22H18Cl2N4O4. The fourth-order valence-electron chi connectivity index (χ4n) is 3.56. The summed E-state index contributed by atoms with van der Waals surface area (Å²) < 4.78 is 25.6. The molecule has 0 amide bonds. The van der Waals surface area contributed by atoms with Crippen molar-refractivity contribution < 1.29 is 18.6 Å². The highest BCUT2D eigenvalue weighted by Crippen LogP contribution is 2.40. The molecule has 0 aliphatic carbocycles. The molecule has 1 aliphatic heterocycles. The molecule has 0 unspecified atom stereocenters. The fraction of sp³-hybridized carbons (Fsp3) is 0.227. The standard InChI is InChI=1S/C22H18Cl2N4O4/c23-16-3-6-19(20(24)9-16)22(12-28-8-7-25-13-28)31-11-18(32-22)10-29-17-4-1-15(2-5-17)21-27-26-14-30-21/h1-9,13-14,18H,10-12H2/t18-,22-/m1/s1. The molecule has 0 bridgehead atoms. The largest absolute Gasteiger partial charge is 0.491 e. The lowest BCUT2D eigenvalue weighted by atomic mass is 10.1. The Balaban J connectivity index is 1.30. The lowest BCUT2D eigenvalue weighted by molar-refractivity contribution is -0.189. The highest BCUT2D eigenvalue weighted by atomic mass is 35.5. The topological polar surface area (TPSA) is 84.4 Å². The summed E-state index contributed by atoms with van der Waals surface area (Å²) in [7, 11) is 0. The van der Waals surface area contributed by atoms with Crippen LogP contribution >= 0.6 is 23.2 Å². The van der Waals surface area contributed by atoms with Gasteiger partial charge in [0.05, 0.1) is 24.5 Å². The first kappa shape index (κ1) is 21.0.